The van der Waals surface area contributed by atoms with E-state index in [1.807, 2.05) is 55.5 Å². The van der Waals surface area contributed by atoms with Gasteiger partial charge in [0.25, 0.3) is 0 Å². The maximum absolute atomic E-state index is 13.3. The third-order valence-electron chi connectivity index (χ3n) is 8.71. The van der Waals surface area contributed by atoms with Gasteiger partial charge in [0, 0.05) is 35.4 Å². The molecule has 2 atom stereocenters. The molecule has 0 bridgehead atoms. The maximum atomic E-state index is 13.3. The molecule has 5 aromatic rings. The Bertz CT molecular complexity index is 1750. The van der Waals surface area contributed by atoms with E-state index >= 15 is 0 Å². The highest BCUT2D eigenvalue weighted by Crippen LogP contribution is 2.53. The van der Waals surface area contributed by atoms with Crippen LogP contribution in [-0.2, 0) is 17.8 Å². The van der Waals surface area contributed by atoms with Crippen molar-refractivity contribution in [2.24, 2.45) is 5.41 Å². The first-order valence-electron chi connectivity index (χ1n) is 14.1. The zero-order valence-electron chi connectivity index (χ0n) is 23.6. The van der Waals surface area contributed by atoms with Crippen molar-refractivity contribution in [3.8, 4) is 0 Å². The predicted octanol–water partition coefficient (Wildman–Crippen LogP) is 5.00. The molecule has 7 rings (SSSR count). The van der Waals surface area contributed by atoms with Crippen molar-refractivity contribution in [1.29, 1.82) is 0 Å². The summed E-state index contributed by atoms with van der Waals surface area (Å²) in [7, 11) is 0. The monoisotopic (exact) mass is 566 g/mol. The van der Waals surface area contributed by atoms with E-state index in [0.717, 1.165) is 60.5 Å². The molecule has 41 heavy (non-hydrogen) atoms. The van der Waals surface area contributed by atoms with Gasteiger partial charge in [0.1, 0.15) is 11.1 Å². The Balaban J connectivity index is 1.20. The van der Waals surface area contributed by atoms with Crippen LogP contribution in [0.25, 0.3) is 22.3 Å². The lowest BCUT2D eigenvalue weighted by atomic mass is 9.73. The average molecular weight is 567 g/mol. The van der Waals surface area contributed by atoms with E-state index < -0.39 is 11.4 Å². The van der Waals surface area contributed by atoms with Crippen LogP contribution in [0.15, 0.2) is 67.5 Å². The number of aromatic nitrogens is 6. The van der Waals surface area contributed by atoms with E-state index in [9.17, 15) is 4.55 Å². The number of fused-ring (bicyclic) bond motifs is 4. The van der Waals surface area contributed by atoms with Crippen LogP contribution in [0.3, 0.4) is 0 Å². The molecule has 210 valence electrons. The summed E-state index contributed by atoms with van der Waals surface area (Å²) in [6.07, 6.45) is 4.60. The summed E-state index contributed by atoms with van der Waals surface area (Å²) >= 11 is -1.17. The molecule has 1 unspecified atom stereocenters. The first kappa shape index (κ1) is 26.2. The number of benzene rings is 2. The van der Waals surface area contributed by atoms with Crippen molar-refractivity contribution in [2.45, 2.75) is 50.8 Å². The molecule has 1 fully saturated rings. The van der Waals surface area contributed by atoms with Crippen molar-refractivity contribution in [2.75, 3.05) is 18.0 Å². The molecular weight excluding hydrogens is 532 g/mol. The van der Waals surface area contributed by atoms with Gasteiger partial charge in [-0.15, -0.1) is 14.9 Å². The molecule has 4 heterocycles. The van der Waals surface area contributed by atoms with Crippen LogP contribution in [0.4, 0.5) is 5.95 Å². The summed E-state index contributed by atoms with van der Waals surface area (Å²) in [5.74, 6) is 0.786. The molecule has 1 spiro atoms. The molecule has 0 saturated carbocycles. The van der Waals surface area contributed by atoms with Crippen molar-refractivity contribution in [3.05, 3.63) is 89.9 Å². The fraction of sp³-hybridized carbons (Fsp3) is 0.355. The molecule has 2 N–H and O–H groups in total. The summed E-state index contributed by atoms with van der Waals surface area (Å²) in [5, 5.41) is 17.3. The second-order valence-electron chi connectivity index (χ2n) is 12.2. The van der Waals surface area contributed by atoms with E-state index in [-0.39, 0.29) is 16.2 Å². The zero-order chi connectivity index (χ0) is 28.4. The highest BCUT2D eigenvalue weighted by molar-refractivity contribution is 7.90. The largest absolute Gasteiger partial charge is 0.598 e. The number of aromatic amines is 1. The molecule has 3 aromatic heterocycles. The predicted molar refractivity (Wildman–Crippen MR) is 163 cm³/mol. The number of hydrogen-bond donors (Lipinski definition) is 2. The maximum Gasteiger partial charge on any atom is 0.214 e. The fourth-order valence-electron chi connectivity index (χ4n) is 6.43. The lowest BCUT2D eigenvalue weighted by molar-refractivity contribution is 0.175. The quantitative estimate of drug-likeness (QED) is 0.288. The zero-order valence-corrected chi connectivity index (χ0v) is 24.4. The van der Waals surface area contributed by atoms with Crippen LogP contribution in [-0.4, -0.2) is 52.2 Å². The number of piperidine rings is 1. The van der Waals surface area contributed by atoms with Gasteiger partial charge in [-0.25, -0.2) is 0 Å². The molecule has 0 amide bonds. The molecule has 1 aliphatic heterocycles. The van der Waals surface area contributed by atoms with Gasteiger partial charge in [-0.2, -0.15) is 10.1 Å². The second kappa shape index (κ2) is 9.68. The molecule has 9 nitrogen and oxygen atoms in total. The van der Waals surface area contributed by atoms with Crippen LogP contribution in [0.1, 0.15) is 62.0 Å². The van der Waals surface area contributed by atoms with Gasteiger partial charge in [0.2, 0.25) is 5.95 Å². The van der Waals surface area contributed by atoms with E-state index in [1.54, 1.807) is 6.33 Å². The van der Waals surface area contributed by atoms with E-state index in [4.69, 9.17) is 4.98 Å². The van der Waals surface area contributed by atoms with Crippen LogP contribution in [0, 0.1) is 5.41 Å². The molecule has 10 heteroatoms. The SMILES string of the molecule is C=C(c1ccccc1)c1[nH]nc2nc(N3CCC4(CC3)Cc3ccccc3[C@H]4N[S+]([O-])C(C)(C)C)n3cnnc3c12. The van der Waals surface area contributed by atoms with Gasteiger partial charge in [-0.3, -0.25) is 9.50 Å². The van der Waals surface area contributed by atoms with Crippen LogP contribution in [0.2, 0.25) is 0 Å². The van der Waals surface area contributed by atoms with E-state index in [0.29, 0.717) is 11.3 Å². The average Bonchev–Trinajstić information content (AvgIpc) is 3.69. The van der Waals surface area contributed by atoms with Crippen molar-refractivity contribution in [1.82, 2.24) is 34.5 Å². The van der Waals surface area contributed by atoms with Gasteiger partial charge < -0.3 is 9.45 Å². The number of hydrogen-bond acceptors (Lipinski definition) is 7. The third kappa shape index (κ3) is 4.32. The van der Waals surface area contributed by atoms with Gasteiger partial charge in [-0.05, 0) is 56.7 Å². The number of rotatable bonds is 5. The Morgan fingerprint density at radius 2 is 1.83 bits per heavy atom. The Kier molecular flexibility index (Phi) is 6.18. The van der Waals surface area contributed by atoms with Gasteiger partial charge in [0.05, 0.1) is 17.1 Å². The topological polar surface area (TPSA) is 110 Å². The second-order valence-corrected chi connectivity index (χ2v) is 14.2. The Labute approximate surface area is 242 Å². The molecule has 2 aliphatic rings. The van der Waals surface area contributed by atoms with Crippen LogP contribution >= 0.6 is 0 Å². The molecule has 0 radical (unpaired) electrons. The highest BCUT2D eigenvalue weighted by atomic mass is 32.2. The van der Waals surface area contributed by atoms with Crippen LogP contribution < -0.4 is 9.62 Å². The van der Waals surface area contributed by atoms with E-state index in [1.165, 1.54) is 11.1 Å². The first-order valence-corrected chi connectivity index (χ1v) is 15.2. The van der Waals surface area contributed by atoms with Crippen molar-refractivity contribution >= 4 is 39.6 Å². The minimum atomic E-state index is -1.17. The Morgan fingerprint density at radius 3 is 2.59 bits per heavy atom. The van der Waals surface area contributed by atoms with E-state index in [2.05, 4.69) is 60.9 Å². The lowest BCUT2D eigenvalue weighted by Crippen LogP contribution is -2.50. The van der Waals surface area contributed by atoms with Gasteiger partial charge >= 0.3 is 0 Å². The van der Waals surface area contributed by atoms with Gasteiger partial charge in [-0.1, -0.05) is 61.2 Å². The number of anilines is 1. The molecule has 2 aromatic carbocycles. The van der Waals surface area contributed by atoms with Crippen molar-refractivity contribution in [3.63, 3.8) is 0 Å². The molecule has 1 saturated heterocycles. The molecule has 1 aliphatic carbocycles. The summed E-state index contributed by atoms with van der Waals surface area (Å²) in [5.41, 5.74) is 6.57. The minimum Gasteiger partial charge on any atom is -0.598 e. The summed E-state index contributed by atoms with van der Waals surface area (Å²) in [6, 6.07) is 18.7. The third-order valence-corrected chi connectivity index (χ3v) is 10.3. The fourth-order valence-corrected chi connectivity index (χ4v) is 7.37. The summed E-state index contributed by atoms with van der Waals surface area (Å²) in [4.78, 5) is 7.32. The number of H-pyrrole nitrogens is 1. The standard InChI is InChI=1S/C31H34N8OS/c1-20(21-10-6-5-7-11-21)25-24-27(35-34-25)33-29(39-19-32-36-28(24)39)38-16-14-31(15-17-38)18-22-12-8-9-13-23(22)26(31)37-41(40)30(2,3)4/h5-13,19,26,37H,1,14-18H2,2-4H3,(H,34,35)/t26-,41?/m1/s1. The summed E-state index contributed by atoms with van der Waals surface area (Å²) in [6.45, 7) is 12.0. The normalized spacial score (nSPS) is 19.2. The smallest absolute Gasteiger partial charge is 0.214 e. The lowest BCUT2D eigenvalue weighted by Gasteiger charge is -2.44. The van der Waals surface area contributed by atoms with Crippen LogP contribution in [0.5, 0.6) is 0 Å². The Hall–Kier alpha value is -3.73. The number of nitrogens with one attached hydrogen (secondary N) is 2. The van der Waals surface area contributed by atoms with Gasteiger partial charge in [0.15, 0.2) is 11.3 Å². The summed E-state index contributed by atoms with van der Waals surface area (Å²) < 4.78 is 18.5. The number of nitrogens with zero attached hydrogens (tertiary/aromatic N) is 6. The first-order chi connectivity index (χ1) is 19.7. The van der Waals surface area contributed by atoms with Crippen molar-refractivity contribution < 1.29 is 4.55 Å². The Morgan fingerprint density at radius 1 is 1.10 bits per heavy atom. The highest BCUT2D eigenvalue weighted by Gasteiger charge is 2.50. The minimum absolute atomic E-state index is 0.00949. The molecular formula is C31H34N8OS.